The van der Waals surface area contributed by atoms with Gasteiger partial charge >= 0.3 is 0 Å². The number of benzene rings is 4. The first-order chi connectivity index (χ1) is 30.8. The zero-order valence-electron chi connectivity index (χ0n) is 36.2. The molecule has 324 valence electrons. The Labute approximate surface area is 368 Å². The quantitative estimate of drug-likeness (QED) is 0.0575. The number of carbonyl (C=O) groups excluding carboxylic acids is 3. The van der Waals surface area contributed by atoms with Crippen molar-refractivity contribution in [2.24, 2.45) is 0 Å². The third-order valence-corrected chi connectivity index (χ3v) is 13.0. The summed E-state index contributed by atoms with van der Waals surface area (Å²) in [5.74, 6) is -0.694. The average Bonchev–Trinajstić information content (AvgIpc) is 3.55. The minimum atomic E-state index is -1.04. The van der Waals surface area contributed by atoms with Crippen LogP contribution in [0.15, 0.2) is 91.0 Å². The summed E-state index contributed by atoms with van der Waals surface area (Å²) < 4.78 is 0. The van der Waals surface area contributed by atoms with Gasteiger partial charge in [0, 0.05) is 82.5 Å². The summed E-state index contributed by atoms with van der Waals surface area (Å²) in [7, 11) is 0. The van der Waals surface area contributed by atoms with Gasteiger partial charge in [-0.25, -0.2) is 0 Å². The first-order valence-corrected chi connectivity index (χ1v) is 22.7. The van der Waals surface area contributed by atoms with Crippen LogP contribution >= 0.6 is 0 Å². The van der Waals surface area contributed by atoms with Gasteiger partial charge in [0.05, 0.1) is 11.2 Å². The van der Waals surface area contributed by atoms with Gasteiger partial charge in [-0.15, -0.1) is 0 Å². The van der Waals surface area contributed by atoms with Gasteiger partial charge in [-0.1, -0.05) is 61.4 Å². The molecule has 3 unspecified atom stereocenters. The Morgan fingerprint density at radius 1 is 0.635 bits per heavy atom. The van der Waals surface area contributed by atoms with Crippen LogP contribution in [-0.2, 0) is 0 Å². The van der Waals surface area contributed by atoms with Crippen molar-refractivity contribution in [3.05, 3.63) is 113 Å². The summed E-state index contributed by atoms with van der Waals surface area (Å²) in [6.07, 6.45) is 9.64. The number of rotatable bonds is 15. The maximum Gasteiger partial charge on any atom is 0.255 e. The zero-order chi connectivity index (χ0) is 43.3. The lowest BCUT2D eigenvalue weighted by Crippen LogP contribution is -2.38. The summed E-state index contributed by atoms with van der Waals surface area (Å²) in [6, 6.07) is 28.6. The minimum Gasteiger partial charge on any atom is -0.354 e. The Hall–Kier alpha value is -6.31. The Kier molecular flexibility index (Phi) is 12.7. The average molecular weight is 845 g/mol. The smallest absolute Gasteiger partial charge is 0.255 e. The maximum absolute atomic E-state index is 13.8. The van der Waals surface area contributed by atoms with Crippen molar-refractivity contribution in [3.63, 3.8) is 0 Å². The molecule has 2 aromatic heterocycles. The van der Waals surface area contributed by atoms with Crippen LogP contribution in [0, 0.1) is 0 Å². The fourth-order valence-corrected chi connectivity index (χ4v) is 9.42. The van der Waals surface area contributed by atoms with Gasteiger partial charge in [0.2, 0.25) is 17.8 Å². The Bertz CT molecular complexity index is 2600. The minimum absolute atomic E-state index is 0.227. The first kappa shape index (κ1) is 42.0. The predicted octanol–water partition coefficient (Wildman–Crippen LogP) is 9.08. The fraction of sp³-hybridized carbons (Fsp3) is 0.380. The number of Topliss-reactive ketones (excluding diaryl/α,β-unsaturated/α-hetero) is 2. The fourth-order valence-electron chi connectivity index (χ4n) is 9.42. The number of amides is 1. The molecule has 2 fully saturated rings. The molecule has 0 spiro atoms. The zero-order valence-corrected chi connectivity index (χ0v) is 36.2. The highest BCUT2D eigenvalue weighted by Crippen LogP contribution is 2.36. The van der Waals surface area contributed by atoms with Crippen LogP contribution in [0.1, 0.15) is 108 Å². The standard InChI is InChI=1S/C50H56N10O3/c1-32-13-5-7-27-59(32)29-11-25-51-48-56-49(52-26-12-30-60-28-8-6-14-33(60)2)58-50(57-48)55-42-20-10-16-36-37(42)17-9-19-41(36)54-47(63)35-21-23-38-39(31-35)46(62)44(45(38)61)43-24-22-34-15-3-4-18-40(34)53-43/h3-4,9-10,15-24,31-33,44H,5-8,11-14,25-30H2,1-2H3,(H,54,63)(H3,51,52,55,56,57,58). The van der Waals surface area contributed by atoms with Crippen molar-refractivity contribution < 1.29 is 14.4 Å². The maximum atomic E-state index is 13.8. The number of piperidine rings is 2. The van der Waals surface area contributed by atoms with Gasteiger partial charge in [0.25, 0.3) is 5.91 Å². The van der Waals surface area contributed by atoms with E-state index in [-0.39, 0.29) is 22.7 Å². The molecule has 4 heterocycles. The summed E-state index contributed by atoms with van der Waals surface area (Å²) >= 11 is 0. The number of pyridine rings is 1. The summed E-state index contributed by atoms with van der Waals surface area (Å²) in [4.78, 5) is 65.3. The van der Waals surface area contributed by atoms with Gasteiger partial charge in [-0.3, -0.25) is 19.4 Å². The van der Waals surface area contributed by atoms with Crippen molar-refractivity contribution in [3.8, 4) is 0 Å². The monoisotopic (exact) mass is 844 g/mol. The highest BCUT2D eigenvalue weighted by atomic mass is 16.2. The Morgan fingerprint density at radius 2 is 1.25 bits per heavy atom. The summed E-state index contributed by atoms with van der Waals surface area (Å²) in [6.45, 7) is 10.5. The molecule has 1 aliphatic carbocycles. The number of hydrogen-bond donors (Lipinski definition) is 4. The predicted molar refractivity (Wildman–Crippen MR) is 251 cm³/mol. The molecule has 4 aromatic carbocycles. The molecule has 0 saturated carbocycles. The van der Waals surface area contributed by atoms with E-state index in [2.05, 4.69) is 49.9 Å². The summed E-state index contributed by atoms with van der Waals surface area (Å²) in [5.41, 5.74) is 3.27. The van der Waals surface area contributed by atoms with Crippen LogP contribution in [0.4, 0.5) is 29.2 Å². The van der Waals surface area contributed by atoms with E-state index in [1.54, 1.807) is 18.2 Å². The number of carbonyl (C=O) groups is 3. The molecule has 1 amide bonds. The van der Waals surface area contributed by atoms with Crippen LogP contribution in [0.2, 0.25) is 0 Å². The third kappa shape index (κ3) is 9.40. The molecule has 0 bridgehead atoms. The SMILES string of the molecule is CC1CCCCN1CCCNc1nc(NCCCN2CCCCC2C)nc(Nc2cccc3c(NC(=O)c4ccc5c(c4)C(=O)C(c4ccc6ccccc6n4)C5=O)cccc23)n1. The van der Waals surface area contributed by atoms with E-state index in [4.69, 9.17) is 15.0 Å². The Balaban J connectivity index is 0.904. The lowest BCUT2D eigenvalue weighted by Gasteiger charge is -2.33. The molecule has 6 aromatic rings. The molecule has 0 radical (unpaired) electrons. The van der Waals surface area contributed by atoms with Crippen molar-refractivity contribution >= 4 is 68.4 Å². The molecule has 2 aliphatic heterocycles. The van der Waals surface area contributed by atoms with Crippen LogP contribution in [0.3, 0.4) is 0 Å². The number of likely N-dealkylation sites (tertiary alicyclic amines) is 2. The second kappa shape index (κ2) is 19.0. The van der Waals surface area contributed by atoms with E-state index in [9.17, 15) is 14.4 Å². The third-order valence-electron chi connectivity index (χ3n) is 13.0. The van der Waals surface area contributed by atoms with Gasteiger partial charge in [0.1, 0.15) is 5.92 Å². The van der Waals surface area contributed by atoms with E-state index in [0.29, 0.717) is 52.4 Å². The van der Waals surface area contributed by atoms with Gasteiger partial charge in [0.15, 0.2) is 11.6 Å². The van der Waals surface area contributed by atoms with E-state index >= 15 is 0 Å². The number of ketones is 2. The van der Waals surface area contributed by atoms with Gasteiger partial charge in [-0.05, 0) is 108 Å². The highest BCUT2D eigenvalue weighted by Gasteiger charge is 2.41. The highest BCUT2D eigenvalue weighted by molar-refractivity contribution is 6.30. The number of aromatic nitrogens is 4. The van der Waals surface area contributed by atoms with Crippen molar-refractivity contribution in [1.29, 1.82) is 0 Å². The van der Waals surface area contributed by atoms with Crippen LogP contribution < -0.4 is 21.3 Å². The van der Waals surface area contributed by atoms with Crippen molar-refractivity contribution in [2.45, 2.75) is 83.2 Å². The van der Waals surface area contributed by atoms with Crippen molar-refractivity contribution in [2.75, 3.05) is 60.5 Å². The van der Waals surface area contributed by atoms with Gasteiger partial charge < -0.3 is 31.1 Å². The van der Waals surface area contributed by atoms with Crippen LogP contribution in [-0.4, -0.2) is 98.6 Å². The largest absolute Gasteiger partial charge is 0.354 e. The molecule has 9 rings (SSSR count). The van der Waals surface area contributed by atoms with Crippen LogP contribution in [0.25, 0.3) is 21.7 Å². The number of fused-ring (bicyclic) bond motifs is 3. The molecule has 13 heteroatoms. The lowest BCUT2D eigenvalue weighted by atomic mass is 9.98. The molecule has 2 saturated heterocycles. The van der Waals surface area contributed by atoms with Crippen molar-refractivity contribution in [1.82, 2.24) is 29.7 Å². The number of nitrogens with one attached hydrogen (secondary N) is 4. The summed E-state index contributed by atoms with van der Waals surface area (Å²) in [5, 5.41) is 16.0. The number of hydrogen-bond acceptors (Lipinski definition) is 12. The molecule has 3 aliphatic rings. The normalized spacial score (nSPS) is 19.3. The number of anilines is 5. The first-order valence-electron chi connectivity index (χ1n) is 22.7. The molecule has 4 N–H and O–H groups in total. The molecule has 3 atom stereocenters. The molecule has 63 heavy (non-hydrogen) atoms. The van der Waals surface area contributed by atoms with E-state index < -0.39 is 11.8 Å². The van der Waals surface area contributed by atoms with E-state index in [1.165, 1.54) is 44.6 Å². The molecular formula is C50H56N10O3. The van der Waals surface area contributed by atoms with E-state index in [0.717, 1.165) is 74.0 Å². The second-order valence-corrected chi connectivity index (χ2v) is 17.3. The number of nitrogens with zero attached hydrogens (tertiary/aromatic N) is 6. The van der Waals surface area contributed by atoms with Gasteiger partial charge in [-0.2, -0.15) is 15.0 Å². The second-order valence-electron chi connectivity index (χ2n) is 17.3. The lowest BCUT2D eigenvalue weighted by molar-refractivity contribution is 0.0887. The molecule has 13 nitrogen and oxygen atoms in total. The number of para-hydroxylation sites is 1. The topological polar surface area (TPSA) is 157 Å². The van der Waals surface area contributed by atoms with E-state index in [1.807, 2.05) is 66.7 Å². The molecular weight excluding hydrogens is 789 g/mol. The van der Waals surface area contributed by atoms with Crippen LogP contribution in [0.5, 0.6) is 0 Å². The Morgan fingerprint density at radius 3 is 1.94 bits per heavy atom.